The normalized spacial score (nSPS) is 29.8. The second-order valence-corrected chi connectivity index (χ2v) is 3.62. The molecule has 0 aromatic carbocycles. The molecule has 0 amide bonds. The van der Waals surface area contributed by atoms with Crippen molar-refractivity contribution in [3.63, 3.8) is 0 Å². The monoisotopic (exact) mass is 168 g/mol. The molecule has 0 radical (unpaired) electrons. The average Bonchev–Trinajstić information content (AvgIpc) is 2.06. The Bertz CT molecular complexity index is 218. The summed E-state index contributed by atoms with van der Waals surface area (Å²) in [6, 6.07) is 0. The summed E-state index contributed by atoms with van der Waals surface area (Å²) in [5.41, 5.74) is 1.75. The van der Waals surface area contributed by atoms with Crippen molar-refractivity contribution in [3.05, 3.63) is 23.8 Å². The van der Waals surface area contributed by atoms with Crippen LogP contribution >= 0.6 is 0 Å². The van der Waals surface area contributed by atoms with E-state index in [4.69, 9.17) is 5.26 Å². The fraction of sp³-hybridized carbons (Fsp3) is 0.600. The van der Waals surface area contributed by atoms with Crippen molar-refractivity contribution in [1.29, 1.82) is 0 Å². The van der Waals surface area contributed by atoms with Gasteiger partial charge >= 0.3 is 0 Å². The molecule has 0 heterocycles. The molecule has 0 spiro atoms. The van der Waals surface area contributed by atoms with E-state index in [1.54, 1.807) is 0 Å². The van der Waals surface area contributed by atoms with E-state index in [2.05, 4.69) is 24.5 Å². The summed E-state index contributed by atoms with van der Waals surface area (Å²) in [4.78, 5) is 4.54. The van der Waals surface area contributed by atoms with Gasteiger partial charge in [0.05, 0.1) is 0 Å². The first-order chi connectivity index (χ1) is 5.60. The molecular formula is C10H16O2. The zero-order valence-corrected chi connectivity index (χ0v) is 7.76. The molecule has 0 bridgehead atoms. The van der Waals surface area contributed by atoms with Gasteiger partial charge in [-0.05, 0) is 32.3 Å². The van der Waals surface area contributed by atoms with Gasteiger partial charge in [-0.3, -0.25) is 5.26 Å². The van der Waals surface area contributed by atoms with Gasteiger partial charge in [0.25, 0.3) is 0 Å². The minimum atomic E-state index is -0.514. The summed E-state index contributed by atoms with van der Waals surface area (Å²) in [7, 11) is 0. The lowest BCUT2D eigenvalue weighted by atomic mass is 9.81. The highest BCUT2D eigenvalue weighted by Crippen LogP contribution is 2.35. The lowest BCUT2D eigenvalue weighted by Crippen LogP contribution is -2.34. The van der Waals surface area contributed by atoms with E-state index in [0.717, 1.165) is 24.8 Å². The smallest absolute Gasteiger partial charge is 0.127 e. The standard InChI is InChI=1S/C10H16O2/c1-8(2)10(12-11)6-4-9(3)5-7-10/h4,11H,1,5-7H2,2-3H3/t10-/m1/s1. The molecule has 12 heavy (non-hydrogen) atoms. The van der Waals surface area contributed by atoms with Crippen molar-refractivity contribution < 1.29 is 10.1 Å². The summed E-state index contributed by atoms with van der Waals surface area (Å²) < 4.78 is 0. The largest absolute Gasteiger partial charge is 0.251 e. The first kappa shape index (κ1) is 9.49. The minimum absolute atomic E-state index is 0.514. The van der Waals surface area contributed by atoms with Gasteiger partial charge in [0.2, 0.25) is 0 Å². The van der Waals surface area contributed by atoms with Crippen molar-refractivity contribution >= 4 is 0 Å². The maximum Gasteiger partial charge on any atom is 0.127 e. The molecule has 1 aliphatic carbocycles. The van der Waals surface area contributed by atoms with Gasteiger partial charge < -0.3 is 0 Å². The predicted molar refractivity (Wildman–Crippen MR) is 48.9 cm³/mol. The maximum absolute atomic E-state index is 8.81. The predicted octanol–water partition coefficient (Wildman–Crippen LogP) is 2.92. The molecule has 2 nitrogen and oxygen atoms in total. The van der Waals surface area contributed by atoms with E-state index < -0.39 is 5.60 Å². The van der Waals surface area contributed by atoms with Crippen LogP contribution in [0.2, 0.25) is 0 Å². The molecule has 2 heteroatoms. The van der Waals surface area contributed by atoms with E-state index in [-0.39, 0.29) is 0 Å². The molecule has 0 unspecified atom stereocenters. The van der Waals surface area contributed by atoms with Crippen LogP contribution in [0, 0.1) is 0 Å². The molecule has 0 aliphatic heterocycles. The summed E-state index contributed by atoms with van der Waals surface area (Å²) in [6.45, 7) is 7.82. The number of allylic oxidation sites excluding steroid dienone is 1. The van der Waals surface area contributed by atoms with E-state index >= 15 is 0 Å². The SMILES string of the molecule is C=C(C)[C@@]1(OO)CC=C(C)CC1. The summed E-state index contributed by atoms with van der Waals surface area (Å²) >= 11 is 0. The van der Waals surface area contributed by atoms with E-state index in [9.17, 15) is 0 Å². The van der Waals surface area contributed by atoms with Crippen molar-refractivity contribution in [2.45, 2.75) is 38.7 Å². The molecule has 0 saturated carbocycles. The lowest BCUT2D eigenvalue weighted by Gasteiger charge is -2.33. The van der Waals surface area contributed by atoms with Gasteiger partial charge in [0.15, 0.2) is 0 Å². The van der Waals surface area contributed by atoms with Crippen LogP contribution in [-0.2, 0) is 4.89 Å². The summed E-state index contributed by atoms with van der Waals surface area (Å²) in [5, 5.41) is 8.81. The Morgan fingerprint density at radius 3 is 2.75 bits per heavy atom. The first-order valence-electron chi connectivity index (χ1n) is 4.25. The van der Waals surface area contributed by atoms with Crippen molar-refractivity contribution in [2.75, 3.05) is 0 Å². The lowest BCUT2D eigenvalue weighted by molar-refractivity contribution is -0.312. The Balaban J connectivity index is 2.78. The van der Waals surface area contributed by atoms with Crippen LogP contribution in [0.25, 0.3) is 0 Å². The van der Waals surface area contributed by atoms with Gasteiger partial charge in [-0.2, -0.15) is 0 Å². The third-order valence-electron chi connectivity index (χ3n) is 2.66. The second kappa shape index (κ2) is 3.42. The van der Waals surface area contributed by atoms with Crippen molar-refractivity contribution in [2.24, 2.45) is 0 Å². The Kier molecular flexibility index (Phi) is 2.70. The molecule has 0 aromatic heterocycles. The zero-order chi connectivity index (χ0) is 9.19. The topological polar surface area (TPSA) is 29.5 Å². The van der Waals surface area contributed by atoms with E-state index in [1.165, 1.54) is 5.57 Å². The second-order valence-electron chi connectivity index (χ2n) is 3.62. The van der Waals surface area contributed by atoms with Crippen LogP contribution in [-0.4, -0.2) is 10.9 Å². The third-order valence-corrected chi connectivity index (χ3v) is 2.66. The average molecular weight is 168 g/mol. The molecule has 68 valence electrons. The van der Waals surface area contributed by atoms with Crippen LogP contribution < -0.4 is 0 Å². The Hall–Kier alpha value is -0.600. The molecule has 1 N–H and O–H groups in total. The molecule has 0 saturated heterocycles. The molecule has 0 aromatic rings. The molecule has 0 fully saturated rings. The van der Waals surface area contributed by atoms with Crippen LogP contribution in [0.4, 0.5) is 0 Å². The highest BCUT2D eigenvalue weighted by Gasteiger charge is 2.33. The van der Waals surface area contributed by atoms with Crippen LogP contribution in [0.15, 0.2) is 23.8 Å². The van der Waals surface area contributed by atoms with Gasteiger partial charge in [0, 0.05) is 6.42 Å². The Labute approximate surface area is 73.5 Å². The van der Waals surface area contributed by atoms with Crippen molar-refractivity contribution in [3.8, 4) is 0 Å². The quantitative estimate of drug-likeness (QED) is 0.390. The number of hydrogen-bond acceptors (Lipinski definition) is 2. The first-order valence-corrected chi connectivity index (χ1v) is 4.25. The summed E-state index contributed by atoms with van der Waals surface area (Å²) in [6.07, 6.45) is 4.66. The fourth-order valence-electron chi connectivity index (χ4n) is 1.49. The molecule has 1 aliphatic rings. The van der Waals surface area contributed by atoms with Crippen molar-refractivity contribution in [1.82, 2.24) is 0 Å². The van der Waals surface area contributed by atoms with Gasteiger partial charge in [0.1, 0.15) is 5.60 Å². The molecule has 1 rings (SSSR count). The zero-order valence-electron chi connectivity index (χ0n) is 7.76. The van der Waals surface area contributed by atoms with E-state index in [1.807, 2.05) is 6.92 Å². The Morgan fingerprint density at radius 2 is 2.42 bits per heavy atom. The molecular weight excluding hydrogens is 152 g/mol. The Morgan fingerprint density at radius 1 is 1.75 bits per heavy atom. The maximum atomic E-state index is 8.81. The van der Waals surface area contributed by atoms with Crippen LogP contribution in [0.1, 0.15) is 33.1 Å². The third kappa shape index (κ3) is 1.59. The van der Waals surface area contributed by atoms with Gasteiger partial charge in [-0.1, -0.05) is 18.2 Å². The van der Waals surface area contributed by atoms with Gasteiger partial charge in [-0.25, -0.2) is 4.89 Å². The molecule has 1 atom stereocenters. The highest BCUT2D eigenvalue weighted by molar-refractivity contribution is 5.19. The minimum Gasteiger partial charge on any atom is -0.251 e. The van der Waals surface area contributed by atoms with Crippen LogP contribution in [0.5, 0.6) is 0 Å². The number of hydrogen-bond donors (Lipinski definition) is 1. The van der Waals surface area contributed by atoms with Crippen LogP contribution in [0.3, 0.4) is 0 Å². The highest BCUT2D eigenvalue weighted by atomic mass is 17.1. The fourth-order valence-corrected chi connectivity index (χ4v) is 1.49. The van der Waals surface area contributed by atoms with Gasteiger partial charge in [-0.15, -0.1) is 0 Å². The van der Waals surface area contributed by atoms with E-state index in [0.29, 0.717) is 0 Å². The summed E-state index contributed by atoms with van der Waals surface area (Å²) in [5.74, 6) is 0. The number of rotatable bonds is 2.